The van der Waals surface area contributed by atoms with E-state index in [4.69, 9.17) is 0 Å². The molecule has 0 saturated carbocycles. The molecule has 0 spiro atoms. The zero-order chi connectivity index (χ0) is 14.0. The zero-order valence-corrected chi connectivity index (χ0v) is 12.0. The van der Waals surface area contributed by atoms with Crippen LogP contribution in [0.1, 0.15) is 12.0 Å². The van der Waals surface area contributed by atoms with Gasteiger partial charge in [-0.15, -0.1) is 0 Å². The third kappa shape index (κ3) is 3.29. The minimum atomic E-state index is -2.60. The highest BCUT2D eigenvalue weighted by Crippen LogP contribution is 2.29. The number of benzene rings is 1. The molecule has 2 nitrogen and oxygen atoms in total. The van der Waals surface area contributed by atoms with Gasteiger partial charge in [-0.3, -0.25) is 4.79 Å². The summed E-state index contributed by atoms with van der Waals surface area (Å²) in [5.41, 5.74) is 0.997. The molecule has 0 saturated heterocycles. The van der Waals surface area contributed by atoms with Crippen LogP contribution in [0.2, 0.25) is 0 Å². The Kier molecular flexibility index (Phi) is 4.49. The van der Waals surface area contributed by atoms with E-state index in [0.29, 0.717) is 17.7 Å². The Balaban J connectivity index is 2.34. The molecule has 6 heteroatoms. The first-order valence-corrected chi connectivity index (χ1v) is 6.93. The van der Waals surface area contributed by atoms with Crippen LogP contribution in [-0.2, 0) is 4.79 Å². The number of allylic oxidation sites excluding steroid dienone is 1. The summed E-state index contributed by atoms with van der Waals surface area (Å²) >= 11 is 1.94. The highest BCUT2D eigenvalue weighted by molar-refractivity contribution is 14.1. The van der Waals surface area contributed by atoms with Gasteiger partial charge in [-0.2, -0.15) is 0 Å². The fraction of sp³-hybridized carbons (Fsp3) is 0.308. The van der Waals surface area contributed by atoms with E-state index in [2.05, 4.69) is 0 Å². The molecular formula is C13H11F3INO. The van der Waals surface area contributed by atoms with Gasteiger partial charge in [-0.1, -0.05) is 28.7 Å². The first kappa shape index (κ1) is 14.4. The van der Waals surface area contributed by atoms with Gasteiger partial charge in [-0.05, 0) is 36.2 Å². The van der Waals surface area contributed by atoms with Crippen molar-refractivity contribution in [3.8, 4) is 0 Å². The van der Waals surface area contributed by atoms with E-state index in [9.17, 15) is 18.0 Å². The molecule has 2 rings (SSSR count). The van der Waals surface area contributed by atoms with E-state index >= 15 is 0 Å². The summed E-state index contributed by atoms with van der Waals surface area (Å²) in [6, 6.07) is 5.47. The summed E-state index contributed by atoms with van der Waals surface area (Å²) in [5.74, 6) is -0.735. The molecule has 1 heterocycles. The standard InChI is InChI=1S/C13H11F3INO/c14-9-3-1-8(2-4-9)11-6-5-10(17)13(19)18(11)7-12(15)16/h1-4,6,10,12H,5,7H2. The second-order valence-electron chi connectivity index (χ2n) is 4.14. The van der Waals surface area contributed by atoms with Crippen LogP contribution in [0, 0.1) is 5.82 Å². The minimum Gasteiger partial charge on any atom is -0.305 e. The average molecular weight is 381 g/mol. The van der Waals surface area contributed by atoms with Crippen molar-refractivity contribution >= 4 is 34.2 Å². The maximum Gasteiger partial charge on any atom is 0.256 e. The van der Waals surface area contributed by atoms with Gasteiger partial charge in [0.1, 0.15) is 5.82 Å². The molecule has 1 atom stereocenters. The van der Waals surface area contributed by atoms with Gasteiger partial charge in [0.25, 0.3) is 6.43 Å². The van der Waals surface area contributed by atoms with Crippen LogP contribution in [-0.4, -0.2) is 27.7 Å². The molecule has 1 aliphatic heterocycles. The van der Waals surface area contributed by atoms with Crippen LogP contribution in [0.15, 0.2) is 30.3 Å². The first-order chi connectivity index (χ1) is 8.99. The number of nitrogens with zero attached hydrogens (tertiary/aromatic N) is 1. The second kappa shape index (κ2) is 5.94. The molecule has 19 heavy (non-hydrogen) atoms. The van der Waals surface area contributed by atoms with E-state index in [-0.39, 0.29) is 9.83 Å². The summed E-state index contributed by atoms with van der Waals surface area (Å²) in [7, 11) is 0. The third-order valence-corrected chi connectivity index (χ3v) is 3.84. The summed E-state index contributed by atoms with van der Waals surface area (Å²) in [6.45, 7) is -0.637. The van der Waals surface area contributed by atoms with Gasteiger partial charge in [0.15, 0.2) is 0 Å². The predicted octanol–water partition coefficient (Wildman–Crippen LogP) is 3.47. The molecule has 0 aromatic heterocycles. The van der Waals surface area contributed by atoms with Crippen molar-refractivity contribution in [2.45, 2.75) is 16.8 Å². The smallest absolute Gasteiger partial charge is 0.256 e. The number of hydrogen-bond acceptors (Lipinski definition) is 1. The lowest BCUT2D eigenvalue weighted by Crippen LogP contribution is -2.40. The quantitative estimate of drug-likeness (QED) is 0.580. The van der Waals surface area contributed by atoms with Crippen molar-refractivity contribution in [2.24, 2.45) is 0 Å². The van der Waals surface area contributed by atoms with Gasteiger partial charge in [0.2, 0.25) is 5.91 Å². The van der Waals surface area contributed by atoms with E-state index in [1.54, 1.807) is 6.08 Å². The Bertz CT molecular complexity index is 501. The molecule has 0 N–H and O–H groups in total. The van der Waals surface area contributed by atoms with Crippen molar-refractivity contribution in [3.63, 3.8) is 0 Å². The summed E-state index contributed by atoms with van der Waals surface area (Å²) in [6.07, 6.45) is -0.366. The molecular weight excluding hydrogens is 370 g/mol. The summed E-state index contributed by atoms with van der Waals surface area (Å²) in [5, 5.41) is 0. The third-order valence-electron chi connectivity index (χ3n) is 2.80. The van der Waals surface area contributed by atoms with Crippen LogP contribution in [0.4, 0.5) is 13.2 Å². The minimum absolute atomic E-state index is 0.331. The van der Waals surface area contributed by atoms with Gasteiger partial charge >= 0.3 is 0 Å². The lowest BCUT2D eigenvalue weighted by Gasteiger charge is -2.31. The molecule has 0 radical (unpaired) electrons. The lowest BCUT2D eigenvalue weighted by atomic mass is 10.0. The summed E-state index contributed by atoms with van der Waals surface area (Å²) in [4.78, 5) is 13.1. The number of carbonyl (C=O) groups excluding carboxylic acids is 1. The highest BCUT2D eigenvalue weighted by atomic mass is 127. The molecule has 0 aliphatic carbocycles. The zero-order valence-electron chi connectivity index (χ0n) is 9.82. The van der Waals surface area contributed by atoms with E-state index in [1.807, 2.05) is 22.6 Å². The Labute approximate surface area is 122 Å². The number of amides is 1. The fourth-order valence-electron chi connectivity index (χ4n) is 1.93. The lowest BCUT2D eigenvalue weighted by molar-refractivity contribution is -0.128. The Morgan fingerprint density at radius 3 is 2.53 bits per heavy atom. The predicted molar refractivity (Wildman–Crippen MR) is 74.5 cm³/mol. The van der Waals surface area contributed by atoms with Crippen LogP contribution in [0.25, 0.3) is 5.70 Å². The largest absolute Gasteiger partial charge is 0.305 e. The van der Waals surface area contributed by atoms with Crippen molar-refractivity contribution in [2.75, 3.05) is 6.54 Å². The Hall–Kier alpha value is -1.05. The number of halogens is 4. The number of rotatable bonds is 3. The normalized spacial score (nSPS) is 19.8. The Morgan fingerprint density at radius 1 is 1.32 bits per heavy atom. The van der Waals surface area contributed by atoms with E-state index < -0.39 is 18.8 Å². The second-order valence-corrected chi connectivity index (χ2v) is 5.64. The monoisotopic (exact) mass is 381 g/mol. The van der Waals surface area contributed by atoms with Crippen molar-refractivity contribution in [3.05, 3.63) is 41.7 Å². The van der Waals surface area contributed by atoms with Gasteiger partial charge in [0.05, 0.1) is 10.5 Å². The molecule has 0 fully saturated rings. The van der Waals surface area contributed by atoms with Crippen LogP contribution in [0.5, 0.6) is 0 Å². The van der Waals surface area contributed by atoms with Crippen molar-refractivity contribution in [1.29, 1.82) is 0 Å². The van der Waals surface area contributed by atoms with Crippen LogP contribution in [0.3, 0.4) is 0 Å². The van der Waals surface area contributed by atoms with Crippen LogP contribution < -0.4 is 0 Å². The number of hydrogen-bond donors (Lipinski definition) is 0. The molecule has 102 valence electrons. The molecule has 1 aromatic rings. The fourth-order valence-corrected chi connectivity index (χ4v) is 2.53. The molecule has 1 unspecified atom stereocenters. The van der Waals surface area contributed by atoms with E-state index in [0.717, 1.165) is 4.90 Å². The highest BCUT2D eigenvalue weighted by Gasteiger charge is 2.31. The van der Waals surface area contributed by atoms with Gasteiger partial charge < -0.3 is 4.90 Å². The number of carbonyl (C=O) groups is 1. The van der Waals surface area contributed by atoms with Gasteiger partial charge in [-0.25, -0.2) is 13.2 Å². The topological polar surface area (TPSA) is 20.3 Å². The Morgan fingerprint density at radius 2 is 1.95 bits per heavy atom. The van der Waals surface area contributed by atoms with Crippen molar-refractivity contribution in [1.82, 2.24) is 4.90 Å². The van der Waals surface area contributed by atoms with Crippen molar-refractivity contribution < 1.29 is 18.0 Å². The maximum atomic E-state index is 12.9. The number of alkyl halides is 3. The average Bonchev–Trinajstić information content (AvgIpc) is 2.36. The van der Waals surface area contributed by atoms with Crippen LogP contribution >= 0.6 is 22.6 Å². The molecule has 1 aliphatic rings. The molecule has 1 aromatic carbocycles. The molecule has 0 bridgehead atoms. The SMILES string of the molecule is O=C1C(I)CC=C(c2ccc(F)cc2)N1CC(F)F. The maximum absolute atomic E-state index is 12.9. The molecule has 1 amide bonds. The van der Waals surface area contributed by atoms with Gasteiger partial charge in [0, 0.05) is 5.70 Å². The van der Waals surface area contributed by atoms with E-state index in [1.165, 1.54) is 24.3 Å². The summed E-state index contributed by atoms with van der Waals surface area (Å²) < 4.78 is 37.7. The first-order valence-electron chi connectivity index (χ1n) is 5.68.